The second-order valence-electron chi connectivity index (χ2n) is 7.29. The Hall–Kier alpha value is -2.76. The first-order valence-electron chi connectivity index (χ1n) is 9.64. The predicted octanol–water partition coefficient (Wildman–Crippen LogP) is 4.08. The Balaban J connectivity index is 1.52. The van der Waals surface area contributed by atoms with Crippen LogP contribution in [0.2, 0.25) is 0 Å². The summed E-state index contributed by atoms with van der Waals surface area (Å²) < 4.78 is 29.8. The zero-order chi connectivity index (χ0) is 19.5. The summed E-state index contributed by atoms with van der Waals surface area (Å²) in [6.45, 7) is 0.742. The summed E-state index contributed by atoms with van der Waals surface area (Å²) in [4.78, 5) is 15.1. The number of carbonyl (C=O) groups is 1. The molecule has 1 aliphatic carbocycles. The third kappa shape index (κ3) is 3.91. The number of hydrogen-bond acceptors (Lipinski definition) is 4. The molecule has 0 spiro atoms. The third-order valence-electron chi connectivity index (χ3n) is 5.45. The summed E-state index contributed by atoms with van der Waals surface area (Å²) in [6.07, 6.45) is 4.45. The summed E-state index contributed by atoms with van der Waals surface area (Å²) >= 11 is 0. The summed E-state index contributed by atoms with van der Waals surface area (Å²) in [7, 11) is 1.43. The largest absolute Gasteiger partial charge is 0.494 e. The van der Waals surface area contributed by atoms with Crippen LogP contribution in [0.15, 0.2) is 36.4 Å². The molecule has 1 amide bonds. The fraction of sp³-hybridized carbons (Fsp3) is 0.409. The number of fused-ring (bicyclic) bond motifs is 1. The van der Waals surface area contributed by atoms with Gasteiger partial charge >= 0.3 is 0 Å². The van der Waals surface area contributed by atoms with Gasteiger partial charge in [0.15, 0.2) is 23.1 Å². The van der Waals surface area contributed by atoms with Crippen LogP contribution in [0.4, 0.5) is 4.39 Å². The molecule has 28 heavy (non-hydrogen) atoms. The molecular formula is C22H24FNO4. The molecule has 1 saturated carbocycles. The molecule has 0 atom stereocenters. The van der Waals surface area contributed by atoms with Crippen LogP contribution in [0.5, 0.6) is 17.2 Å². The lowest BCUT2D eigenvalue weighted by atomic mass is 10.1. The van der Waals surface area contributed by atoms with E-state index >= 15 is 0 Å². The first kappa shape index (κ1) is 18.6. The molecule has 0 N–H and O–H groups in total. The van der Waals surface area contributed by atoms with Crippen LogP contribution in [0, 0.1) is 5.82 Å². The van der Waals surface area contributed by atoms with Gasteiger partial charge in [0.05, 0.1) is 13.5 Å². The minimum atomic E-state index is -0.448. The van der Waals surface area contributed by atoms with E-state index in [0.717, 1.165) is 37.0 Å². The summed E-state index contributed by atoms with van der Waals surface area (Å²) in [5.41, 5.74) is 1.65. The standard InChI is InChI=1S/C22H24FNO4/c1-26-19-8-6-15(10-18(19)23)12-22(25)24(17-4-2-3-5-17)13-16-7-9-20-21(11-16)28-14-27-20/h6-11,17H,2-5,12-14H2,1H3. The number of halogens is 1. The van der Waals surface area contributed by atoms with Crippen LogP contribution in [-0.2, 0) is 17.8 Å². The van der Waals surface area contributed by atoms with E-state index in [1.807, 2.05) is 23.1 Å². The predicted molar refractivity (Wildman–Crippen MR) is 102 cm³/mol. The molecule has 0 radical (unpaired) electrons. The van der Waals surface area contributed by atoms with Crippen molar-refractivity contribution >= 4 is 5.91 Å². The van der Waals surface area contributed by atoms with E-state index in [1.54, 1.807) is 12.1 Å². The van der Waals surface area contributed by atoms with E-state index in [-0.39, 0.29) is 30.9 Å². The highest BCUT2D eigenvalue weighted by Gasteiger charge is 2.27. The molecule has 0 saturated heterocycles. The van der Waals surface area contributed by atoms with Crippen LogP contribution in [0.1, 0.15) is 36.8 Å². The Bertz CT molecular complexity index is 864. The van der Waals surface area contributed by atoms with Crippen LogP contribution in [0.25, 0.3) is 0 Å². The molecule has 148 valence electrons. The highest BCUT2D eigenvalue weighted by molar-refractivity contribution is 5.79. The minimum absolute atomic E-state index is 0.00846. The highest BCUT2D eigenvalue weighted by Crippen LogP contribution is 2.34. The summed E-state index contributed by atoms with van der Waals surface area (Å²) in [5, 5.41) is 0. The maximum Gasteiger partial charge on any atom is 0.231 e. The monoisotopic (exact) mass is 385 g/mol. The third-order valence-corrected chi connectivity index (χ3v) is 5.45. The van der Waals surface area contributed by atoms with Gasteiger partial charge in [0.1, 0.15) is 0 Å². The summed E-state index contributed by atoms with van der Waals surface area (Å²) in [5.74, 6) is 1.19. The van der Waals surface area contributed by atoms with Crippen molar-refractivity contribution in [3.63, 3.8) is 0 Å². The fourth-order valence-electron chi connectivity index (χ4n) is 3.97. The van der Waals surface area contributed by atoms with E-state index in [0.29, 0.717) is 17.9 Å². The molecule has 1 heterocycles. The molecule has 2 aromatic rings. The topological polar surface area (TPSA) is 48.0 Å². The maximum atomic E-state index is 14.0. The number of nitrogens with zero attached hydrogens (tertiary/aromatic N) is 1. The number of methoxy groups -OCH3 is 1. The number of ether oxygens (including phenoxy) is 3. The van der Waals surface area contributed by atoms with Gasteiger partial charge in [-0.3, -0.25) is 4.79 Å². The SMILES string of the molecule is COc1ccc(CC(=O)N(Cc2ccc3c(c2)OCO3)C2CCCC2)cc1F. The molecule has 2 aromatic carbocycles. The quantitative estimate of drug-likeness (QED) is 0.752. The highest BCUT2D eigenvalue weighted by atomic mass is 19.1. The zero-order valence-electron chi connectivity index (χ0n) is 15.9. The molecule has 1 aliphatic heterocycles. The second-order valence-corrected chi connectivity index (χ2v) is 7.29. The molecule has 0 aromatic heterocycles. The van der Waals surface area contributed by atoms with Crippen molar-refractivity contribution < 1.29 is 23.4 Å². The van der Waals surface area contributed by atoms with E-state index in [1.165, 1.54) is 13.2 Å². The number of hydrogen-bond donors (Lipinski definition) is 0. The first-order valence-corrected chi connectivity index (χ1v) is 9.64. The molecular weight excluding hydrogens is 361 g/mol. The van der Waals surface area contributed by atoms with Crippen molar-refractivity contribution in [2.75, 3.05) is 13.9 Å². The Morgan fingerprint density at radius 1 is 1.11 bits per heavy atom. The Labute approximate surface area is 164 Å². The molecule has 6 heteroatoms. The van der Waals surface area contributed by atoms with Crippen molar-refractivity contribution in [2.24, 2.45) is 0 Å². The molecule has 1 fully saturated rings. The molecule has 0 bridgehead atoms. The Kier molecular flexibility index (Phi) is 5.37. The van der Waals surface area contributed by atoms with E-state index < -0.39 is 5.82 Å². The second kappa shape index (κ2) is 8.09. The van der Waals surface area contributed by atoms with Crippen LogP contribution in [-0.4, -0.2) is 30.8 Å². The lowest BCUT2D eigenvalue weighted by molar-refractivity contribution is -0.133. The molecule has 2 aliphatic rings. The van der Waals surface area contributed by atoms with Gasteiger partial charge in [0.25, 0.3) is 0 Å². The van der Waals surface area contributed by atoms with Crippen molar-refractivity contribution in [1.82, 2.24) is 4.90 Å². The van der Waals surface area contributed by atoms with Crippen LogP contribution in [0.3, 0.4) is 0 Å². The average molecular weight is 385 g/mol. The Morgan fingerprint density at radius 3 is 2.61 bits per heavy atom. The van der Waals surface area contributed by atoms with E-state index in [9.17, 15) is 9.18 Å². The molecule has 4 rings (SSSR count). The smallest absolute Gasteiger partial charge is 0.231 e. The lowest BCUT2D eigenvalue weighted by Gasteiger charge is -2.29. The van der Waals surface area contributed by atoms with Gasteiger partial charge in [0.2, 0.25) is 12.7 Å². The lowest BCUT2D eigenvalue weighted by Crippen LogP contribution is -2.39. The number of rotatable bonds is 6. The number of amides is 1. The van der Waals surface area contributed by atoms with E-state index in [4.69, 9.17) is 14.2 Å². The Morgan fingerprint density at radius 2 is 1.86 bits per heavy atom. The van der Waals surface area contributed by atoms with Gasteiger partial charge in [-0.05, 0) is 48.2 Å². The van der Waals surface area contributed by atoms with Gasteiger partial charge in [-0.1, -0.05) is 25.0 Å². The van der Waals surface area contributed by atoms with Crippen molar-refractivity contribution in [3.8, 4) is 17.2 Å². The zero-order valence-corrected chi connectivity index (χ0v) is 15.9. The first-order chi connectivity index (χ1) is 13.6. The maximum absolute atomic E-state index is 14.0. The molecule has 0 unspecified atom stereocenters. The van der Waals surface area contributed by atoms with Crippen molar-refractivity contribution in [1.29, 1.82) is 0 Å². The van der Waals surface area contributed by atoms with Crippen LogP contribution >= 0.6 is 0 Å². The van der Waals surface area contributed by atoms with E-state index in [2.05, 4.69) is 0 Å². The number of carbonyl (C=O) groups excluding carboxylic acids is 1. The van der Waals surface area contributed by atoms with Gasteiger partial charge in [-0.15, -0.1) is 0 Å². The summed E-state index contributed by atoms with van der Waals surface area (Å²) in [6, 6.07) is 10.7. The molecule has 5 nitrogen and oxygen atoms in total. The van der Waals surface area contributed by atoms with Crippen molar-refractivity contribution in [2.45, 2.75) is 44.7 Å². The normalized spacial score (nSPS) is 15.6. The minimum Gasteiger partial charge on any atom is -0.494 e. The van der Waals surface area contributed by atoms with Gasteiger partial charge in [0, 0.05) is 12.6 Å². The van der Waals surface area contributed by atoms with Gasteiger partial charge in [-0.25, -0.2) is 4.39 Å². The van der Waals surface area contributed by atoms with Crippen molar-refractivity contribution in [3.05, 3.63) is 53.3 Å². The average Bonchev–Trinajstić information content (AvgIpc) is 3.37. The van der Waals surface area contributed by atoms with Crippen LogP contribution < -0.4 is 14.2 Å². The number of benzene rings is 2. The van der Waals surface area contributed by atoms with Gasteiger partial charge < -0.3 is 19.1 Å². The fourth-order valence-corrected chi connectivity index (χ4v) is 3.97. The van der Waals surface area contributed by atoms with Gasteiger partial charge in [-0.2, -0.15) is 0 Å².